The predicted octanol–water partition coefficient (Wildman–Crippen LogP) is 1.81. The van der Waals surface area contributed by atoms with Crippen LogP contribution in [0.25, 0.3) is 0 Å². The first-order valence-corrected chi connectivity index (χ1v) is 11.7. The van der Waals surface area contributed by atoms with E-state index in [1.165, 1.54) is 10.4 Å². The van der Waals surface area contributed by atoms with E-state index in [4.69, 9.17) is 4.74 Å². The molecule has 8 heteroatoms. The molecule has 0 aliphatic carbocycles. The number of ether oxygens (including phenoxy) is 1. The Hall–Kier alpha value is -2.44. The molecule has 3 atom stereocenters. The number of aromatic nitrogens is 1. The van der Waals surface area contributed by atoms with Crippen LogP contribution in [0.3, 0.4) is 0 Å². The molecular formula is C23H29N3O4S. The minimum absolute atomic E-state index is 0.0809. The van der Waals surface area contributed by atoms with Gasteiger partial charge < -0.3 is 14.7 Å². The second-order valence-corrected chi connectivity index (χ2v) is 9.99. The van der Waals surface area contributed by atoms with Gasteiger partial charge in [-0.3, -0.25) is 0 Å². The maximum absolute atomic E-state index is 13.4. The number of hydrogen-bond donors (Lipinski definition) is 1. The van der Waals surface area contributed by atoms with Gasteiger partial charge in [0.05, 0.1) is 6.61 Å². The summed E-state index contributed by atoms with van der Waals surface area (Å²) in [6.07, 6.45) is 1.45. The molecule has 1 aliphatic rings. The Kier molecular flexibility index (Phi) is 7.34. The molecule has 166 valence electrons. The first-order chi connectivity index (χ1) is 14.7. The van der Waals surface area contributed by atoms with Crippen molar-refractivity contribution < 1.29 is 18.3 Å². The van der Waals surface area contributed by atoms with Crippen molar-refractivity contribution in [3.05, 3.63) is 53.9 Å². The highest BCUT2D eigenvalue weighted by molar-refractivity contribution is 7.89. The van der Waals surface area contributed by atoms with Crippen LogP contribution in [0.2, 0.25) is 0 Å². The summed E-state index contributed by atoms with van der Waals surface area (Å²) >= 11 is 0. The fourth-order valence-electron chi connectivity index (χ4n) is 3.45. The lowest BCUT2D eigenvalue weighted by Crippen LogP contribution is -2.49. The zero-order valence-electron chi connectivity index (χ0n) is 18.3. The quantitative estimate of drug-likeness (QED) is 0.726. The number of sulfonamides is 1. The van der Waals surface area contributed by atoms with Gasteiger partial charge in [-0.2, -0.15) is 4.31 Å². The van der Waals surface area contributed by atoms with E-state index in [-0.39, 0.29) is 35.8 Å². The van der Waals surface area contributed by atoms with Gasteiger partial charge in [-0.1, -0.05) is 18.9 Å². The van der Waals surface area contributed by atoms with Crippen LogP contribution < -0.4 is 4.74 Å². The Labute approximate surface area is 184 Å². The molecular weight excluding hydrogens is 414 g/mol. The Morgan fingerprint density at radius 3 is 2.71 bits per heavy atom. The van der Waals surface area contributed by atoms with Crippen LogP contribution in [0, 0.1) is 17.8 Å². The molecule has 1 N–H and O–H groups in total. The lowest BCUT2D eigenvalue weighted by molar-refractivity contribution is 0.0812. The van der Waals surface area contributed by atoms with E-state index >= 15 is 0 Å². The molecule has 0 saturated carbocycles. The van der Waals surface area contributed by atoms with Crippen molar-refractivity contribution in [2.45, 2.75) is 30.9 Å². The van der Waals surface area contributed by atoms with Crippen molar-refractivity contribution in [3.8, 4) is 17.6 Å². The van der Waals surface area contributed by atoms with E-state index < -0.39 is 16.1 Å². The second-order valence-electron chi connectivity index (χ2n) is 8.13. The molecule has 1 aliphatic heterocycles. The Morgan fingerprint density at radius 1 is 1.29 bits per heavy atom. The van der Waals surface area contributed by atoms with Gasteiger partial charge in [0, 0.05) is 36.8 Å². The Balaban J connectivity index is 2.08. The van der Waals surface area contributed by atoms with Gasteiger partial charge in [-0.15, -0.1) is 0 Å². The molecule has 0 radical (unpaired) electrons. The SMILES string of the molecule is C[C@H]1CN([C@@H](C)CO)S(=O)(=O)c2ccc(C#Cc3ccccn3)cc2O[C@@H]1CN(C)C. The largest absolute Gasteiger partial charge is 0.487 e. The number of nitrogens with zero attached hydrogens (tertiary/aromatic N) is 3. The lowest BCUT2D eigenvalue weighted by Gasteiger charge is -2.37. The predicted molar refractivity (Wildman–Crippen MR) is 119 cm³/mol. The highest BCUT2D eigenvalue weighted by Gasteiger charge is 2.37. The van der Waals surface area contributed by atoms with Crippen molar-refractivity contribution >= 4 is 10.0 Å². The summed E-state index contributed by atoms with van der Waals surface area (Å²) in [5, 5.41) is 9.68. The third-order valence-corrected chi connectivity index (χ3v) is 7.23. The number of pyridine rings is 1. The van der Waals surface area contributed by atoms with E-state index in [0.29, 0.717) is 17.8 Å². The van der Waals surface area contributed by atoms with E-state index in [1.807, 2.05) is 44.1 Å². The Bertz CT molecular complexity index is 1060. The van der Waals surface area contributed by atoms with Gasteiger partial charge in [0.1, 0.15) is 22.4 Å². The van der Waals surface area contributed by atoms with Gasteiger partial charge in [-0.25, -0.2) is 13.4 Å². The summed E-state index contributed by atoms with van der Waals surface area (Å²) in [6.45, 7) is 4.32. The van der Waals surface area contributed by atoms with Crippen LogP contribution in [-0.4, -0.2) is 73.7 Å². The molecule has 2 aromatic rings. The molecule has 3 rings (SSSR count). The van der Waals surface area contributed by atoms with Crippen LogP contribution in [0.5, 0.6) is 5.75 Å². The molecule has 2 heterocycles. The number of hydrogen-bond acceptors (Lipinski definition) is 6. The van der Waals surface area contributed by atoms with Crippen LogP contribution in [0.15, 0.2) is 47.5 Å². The van der Waals surface area contributed by atoms with Gasteiger partial charge >= 0.3 is 0 Å². The summed E-state index contributed by atoms with van der Waals surface area (Å²) in [5.41, 5.74) is 1.27. The average Bonchev–Trinajstić information content (AvgIpc) is 2.74. The molecule has 7 nitrogen and oxygen atoms in total. The van der Waals surface area contributed by atoms with Crippen LogP contribution in [-0.2, 0) is 10.0 Å². The average molecular weight is 444 g/mol. The smallest absolute Gasteiger partial charge is 0.247 e. The van der Waals surface area contributed by atoms with Crippen LogP contribution in [0.4, 0.5) is 0 Å². The van der Waals surface area contributed by atoms with E-state index in [2.05, 4.69) is 16.8 Å². The topological polar surface area (TPSA) is 83.0 Å². The van der Waals surface area contributed by atoms with E-state index in [0.717, 1.165) is 0 Å². The van der Waals surface area contributed by atoms with Crippen molar-refractivity contribution in [1.29, 1.82) is 0 Å². The number of benzene rings is 1. The molecule has 0 fully saturated rings. The zero-order chi connectivity index (χ0) is 22.6. The van der Waals surface area contributed by atoms with Crippen LogP contribution in [0.1, 0.15) is 25.1 Å². The molecule has 1 aromatic heterocycles. The second kappa shape index (κ2) is 9.79. The number of fused-ring (bicyclic) bond motifs is 1. The first kappa shape index (κ1) is 23.2. The highest BCUT2D eigenvalue weighted by atomic mass is 32.2. The minimum Gasteiger partial charge on any atom is -0.487 e. The summed E-state index contributed by atoms with van der Waals surface area (Å²) in [6, 6.07) is 9.83. The molecule has 0 spiro atoms. The van der Waals surface area contributed by atoms with E-state index in [1.54, 1.807) is 25.3 Å². The lowest BCUT2D eigenvalue weighted by atomic mass is 10.0. The minimum atomic E-state index is -3.85. The fourth-order valence-corrected chi connectivity index (χ4v) is 5.28. The maximum atomic E-state index is 13.4. The molecule has 0 amide bonds. The number of likely N-dealkylation sites (N-methyl/N-ethyl adjacent to an activating group) is 1. The summed E-state index contributed by atoms with van der Waals surface area (Å²) in [7, 11) is 0.0590. The normalized spacial score (nSPS) is 21.7. The summed E-state index contributed by atoms with van der Waals surface area (Å²) < 4.78 is 34.5. The monoisotopic (exact) mass is 443 g/mol. The van der Waals surface area contributed by atoms with Crippen molar-refractivity contribution in [2.24, 2.45) is 5.92 Å². The van der Waals surface area contributed by atoms with Gasteiger partial charge in [-0.05, 0) is 57.3 Å². The Morgan fingerprint density at radius 2 is 2.06 bits per heavy atom. The zero-order valence-corrected chi connectivity index (χ0v) is 19.1. The number of rotatable bonds is 4. The van der Waals surface area contributed by atoms with E-state index in [9.17, 15) is 13.5 Å². The first-order valence-electron chi connectivity index (χ1n) is 10.2. The van der Waals surface area contributed by atoms with Crippen molar-refractivity contribution in [3.63, 3.8) is 0 Å². The van der Waals surface area contributed by atoms with Gasteiger partial charge in [0.2, 0.25) is 10.0 Å². The highest BCUT2D eigenvalue weighted by Crippen LogP contribution is 2.34. The summed E-state index contributed by atoms with van der Waals surface area (Å²) in [5.74, 6) is 6.22. The molecule has 0 saturated heterocycles. The van der Waals surface area contributed by atoms with Crippen molar-refractivity contribution in [2.75, 3.05) is 33.8 Å². The molecule has 0 unspecified atom stereocenters. The van der Waals surface area contributed by atoms with Crippen molar-refractivity contribution in [1.82, 2.24) is 14.2 Å². The van der Waals surface area contributed by atoms with Gasteiger partial charge in [0.25, 0.3) is 0 Å². The molecule has 0 bridgehead atoms. The van der Waals surface area contributed by atoms with Crippen LogP contribution >= 0.6 is 0 Å². The maximum Gasteiger partial charge on any atom is 0.247 e. The third-order valence-electron chi connectivity index (χ3n) is 5.21. The number of aliphatic hydroxyl groups is 1. The standard InChI is InChI=1S/C23H29N3O4S/c1-17-14-26(18(2)16-27)31(28,29)23-11-9-19(8-10-20-7-5-6-12-24-20)13-21(23)30-22(17)15-25(3)4/h5-7,9,11-13,17-18,22,27H,14-16H2,1-4H3/t17-,18-,22+/m0/s1. The molecule has 31 heavy (non-hydrogen) atoms. The fraction of sp³-hybridized carbons (Fsp3) is 0.435. The third kappa shape index (κ3) is 5.43. The number of aliphatic hydroxyl groups excluding tert-OH is 1. The summed E-state index contributed by atoms with van der Waals surface area (Å²) in [4.78, 5) is 6.29. The van der Waals surface area contributed by atoms with Gasteiger partial charge in [0.15, 0.2) is 0 Å². The molecule has 1 aromatic carbocycles.